The Hall–Kier alpha value is -2.71. The van der Waals surface area contributed by atoms with E-state index in [-0.39, 0.29) is 23.8 Å². The van der Waals surface area contributed by atoms with Crippen LogP contribution in [0.5, 0.6) is 0 Å². The number of nitrogens with one attached hydrogen (secondary N) is 2. The zero-order valence-electron chi connectivity index (χ0n) is 15.6. The molecule has 0 bridgehead atoms. The number of rotatable bonds is 8. The topological polar surface area (TPSA) is 90.9 Å². The number of sulfonamides is 1. The van der Waals surface area contributed by atoms with E-state index >= 15 is 0 Å². The van der Waals surface area contributed by atoms with Gasteiger partial charge in [0.2, 0.25) is 15.9 Å². The summed E-state index contributed by atoms with van der Waals surface area (Å²) >= 11 is 0. The van der Waals surface area contributed by atoms with E-state index in [0.717, 1.165) is 16.8 Å². The number of aryl methyl sites for hydroxylation is 1. The van der Waals surface area contributed by atoms with E-state index in [0.29, 0.717) is 0 Å². The molecule has 0 spiro atoms. The summed E-state index contributed by atoms with van der Waals surface area (Å²) in [6.07, 6.45) is 1.52. The Kier molecular flexibility index (Phi) is 7.09. The molecule has 144 valence electrons. The average Bonchev–Trinajstić information content (AvgIpc) is 2.62. The fourth-order valence-electron chi connectivity index (χ4n) is 2.19. The van der Waals surface area contributed by atoms with Gasteiger partial charge in [0.1, 0.15) is 0 Å². The minimum absolute atomic E-state index is 0.00487. The first-order valence-corrected chi connectivity index (χ1v) is 9.92. The summed E-state index contributed by atoms with van der Waals surface area (Å²) in [7, 11) is 0.290. The number of hydrazone groups is 1. The Morgan fingerprint density at radius 1 is 1.07 bits per heavy atom. The van der Waals surface area contributed by atoms with Crippen molar-refractivity contribution >= 4 is 27.8 Å². The van der Waals surface area contributed by atoms with E-state index in [4.69, 9.17) is 0 Å². The van der Waals surface area contributed by atoms with E-state index < -0.39 is 10.0 Å². The number of benzene rings is 2. The molecule has 0 aliphatic heterocycles. The van der Waals surface area contributed by atoms with Gasteiger partial charge in [-0.25, -0.2) is 18.6 Å². The lowest BCUT2D eigenvalue weighted by Crippen LogP contribution is -2.29. The van der Waals surface area contributed by atoms with Crippen LogP contribution in [0.3, 0.4) is 0 Å². The second kappa shape index (κ2) is 9.29. The molecule has 2 aromatic carbocycles. The van der Waals surface area contributed by atoms with Crippen molar-refractivity contribution < 1.29 is 13.2 Å². The predicted octanol–water partition coefficient (Wildman–Crippen LogP) is 1.88. The first kappa shape index (κ1) is 20.6. The van der Waals surface area contributed by atoms with Crippen LogP contribution in [0.1, 0.15) is 17.5 Å². The Labute approximate surface area is 160 Å². The first-order valence-electron chi connectivity index (χ1n) is 8.43. The zero-order valence-corrected chi connectivity index (χ0v) is 16.5. The summed E-state index contributed by atoms with van der Waals surface area (Å²) < 4.78 is 26.7. The molecule has 0 saturated heterocycles. The van der Waals surface area contributed by atoms with E-state index in [1.54, 1.807) is 12.1 Å². The van der Waals surface area contributed by atoms with Gasteiger partial charge in [0.05, 0.1) is 11.1 Å². The summed E-state index contributed by atoms with van der Waals surface area (Å²) in [5.41, 5.74) is 5.28. The summed E-state index contributed by atoms with van der Waals surface area (Å²) in [5, 5.41) is 3.88. The number of hydrogen-bond acceptors (Lipinski definition) is 5. The third kappa shape index (κ3) is 6.50. The lowest BCUT2D eigenvalue weighted by atomic mass is 10.2. The second-order valence-corrected chi connectivity index (χ2v) is 8.01. The standard InChI is InChI=1S/C19H24N4O3S/c1-15-4-10-18(11-5-15)27(25,26)21-13-12-19(24)22-20-14-16-6-8-17(9-7-16)23(2)3/h4-11,14,21H,12-13H2,1-3H3,(H,22,24)/b20-14+. The molecule has 0 saturated carbocycles. The smallest absolute Gasteiger partial charge is 0.241 e. The largest absolute Gasteiger partial charge is 0.378 e. The highest BCUT2D eigenvalue weighted by Gasteiger charge is 2.13. The molecule has 0 atom stereocenters. The quantitative estimate of drug-likeness (QED) is 0.534. The molecule has 0 fully saturated rings. The molecule has 1 amide bonds. The van der Waals surface area contributed by atoms with Gasteiger partial charge >= 0.3 is 0 Å². The maximum absolute atomic E-state index is 12.1. The number of amides is 1. The van der Waals surface area contributed by atoms with Crippen molar-refractivity contribution in [1.82, 2.24) is 10.1 Å². The highest BCUT2D eigenvalue weighted by atomic mass is 32.2. The van der Waals surface area contributed by atoms with Gasteiger partial charge in [0.25, 0.3) is 0 Å². The molecule has 7 nitrogen and oxygen atoms in total. The van der Waals surface area contributed by atoms with Crippen LogP contribution in [0, 0.1) is 6.92 Å². The third-order valence-corrected chi connectivity index (χ3v) is 5.26. The average molecular weight is 388 g/mol. The lowest BCUT2D eigenvalue weighted by molar-refractivity contribution is -0.120. The number of hydrogen-bond donors (Lipinski definition) is 2. The Morgan fingerprint density at radius 2 is 1.70 bits per heavy atom. The van der Waals surface area contributed by atoms with Gasteiger partial charge in [-0.1, -0.05) is 29.8 Å². The van der Waals surface area contributed by atoms with E-state index in [1.165, 1.54) is 18.3 Å². The lowest BCUT2D eigenvalue weighted by Gasteiger charge is -2.11. The molecule has 0 aliphatic rings. The van der Waals surface area contributed by atoms with Gasteiger partial charge in [-0.2, -0.15) is 5.10 Å². The molecule has 0 unspecified atom stereocenters. The van der Waals surface area contributed by atoms with E-state index in [1.807, 2.05) is 50.2 Å². The number of nitrogens with zero attached hydrogens (tertiary/aromatic N) is 2. The molecular formula is C19H24N4O3S. The number of carbonyl (C=O) groups is 1. The van der Waals surface area contributed by atoms with Crippen LogP contribution in [-0.2, 0) is 14.8 Å². The van der Waals surface area contributed by atoms with Crippen LogP contribution in [0.25, 0.3) is 0 Å². The van der Waals surface area contributed by atoms with Crippen LogP contribution in [-0.4, -0.2) is 41.2 Å². The molecule has 2 aromatic rings. The van der Waals surface area contributed by atoms with Crippen molar-refractivity contribution in [2.75, 3.05) is 25.5 Å². The highest BCUT2D eigenvalue weighted by molar-refractivity contribution is 7.89. The molecule has 0 aromatic heterocycles. The minimum atomic E-state index is -3.62. The van der Waals surface area contributed by atoms with Gasteiger partial charge in [-0.15, -0.1) is 0 Å². The van der Waals surface area contributed by atoms with Crippen LogP contribution in [0.2, 0.25) is 0 Å². The van der Waals surface area contributed by atoms with Crippen molar-refractivity contribution in [3.63, 3.8) is 0 Å². The maximum Gasteiger partial charge on any atom is 0.241 e. The van der Waals surface area contributed by atoms with Gasteiger partial charge < -0.3 is 4.90 Å². The predicted molar refractivity (Wildman–Crippen MR) is 107 cm³/mol. The molecule has 8 heteroatoms. The van der Waals surface area contributed by atoms with Gasteiger partial charge in [0.15, 0.2) is 0 Å². The maximum atomic E-state index is 12.1. The first-order chi connectivity index (χ1) is 12.8. The van der Waals surface area contributed by atoms with Crippen LogP contribution in [0.4, 0.5) is 5.69 Å². The van der Waals surface area contributed by atoms with Crippen molar-refractivity contribution in [3.8, 4) is 0 Å². The Morgan fingerprint density at radius 3 is 2.30 bits per heavy atom. The molecular weight excluding hydrogens is 364 g/mol. The van der Waals surface area contributed by atoms with Crippen molar-refractivity contribution in [2.45, 2.75) is 18.2 Å². The SMILES string of the molecule is Cc1ccc(S(=O)(=O)NCCC(=O)N/N=C/c2ccc(N(C)C)cc2)cc1. The molecule has 2 N–H and O–H groups in total. The normalized spacial score (nSPS) is 11.5. The summed E-state index contributed by atoms with van der Waals surface area (Å²) in [4.78, 5) is 13.9. The summed E-state index contributed by atoms with van der Waals surface area (Å²) in [5.74, 6) is -0.372. The van der Waals surface area contributed by atoms with Gasteiger partial charge in [-0.05, 0) is 36.8 Å². The molecule has 2 rings (SSSR count). The Bertz CT molecular complexity index is 890. The van der Waals surface area contributed by atoms with Gasteiger partial charge in [-0.3, -0.25) is 4.79 Å². The van der Waals surface area contributed by atoms with Crippen LogP contribution >= 0.6 is 0 Å². The third-order valence-electron chi connectivity index (χ3n) is 3.79. The number of carbonyl (C=O) groups excluding carboxylic acids is 1. The van der Waals surface area contributed by atoms with E-state index in [9.17, 15) is 13.2 Å². The fourth-order valence-corrected chi connectivity index (χ4v) is 3.22. The van der Waals surface area contributed by atoms with Crippen LogP contribution < -0.4 is 15.0 Å². The minimum Gasteiger partial charge on any atom is -0.378 e. The molecule has 0 heterocycles. The van der Waals surface area contributed by atoms with Gasteiger partial charge in [0, 0.05) is 32.7 Å². The summed E-state index contributed by atoms with van der Waals surface area (Å²) in [6.45, 7) is 1.88. The van der Waals surface area contributed by atoms with Crippen molar-refractivity contribution in [2.24, 2.45) is 5.10 Å². The fraction of sp³-hybridized carbons (Fsp3) is 0.263. The monoisotopic (exact) mass is 388 g/mol. The molecule has 0 radical (unpaired) electrons. The highest BCUT2D eigenvalue weighted by Crippen LogP contribution is 2.11. The zero-order chi connectivity index (χ0) is 19.9. The van der Waals surface area contributed by atoms with Crippen molar-refractivity contribution in [1.29, 1.82) is 0 Å². The Balaban J connectivity index is 1.78. The van der Waals surface area contributed by atoms with Crippen LogP contribution in [0.15, 0.2) is 58.5 Å². The summed E-state index contributed by atoms with van der Waals surface area (Å²) in [6, 6.07) is 14.2. The number of anilines is 1. The molecule has 0 aliphatic carbocycles. The van der Waals surface area contributed by atoms with E-state index in [2.05, 4.69) is 15.2 Å². The van der Waals surface area contributed by atoms with Crippen molar-refractivity contribution in [3.05, 3.63) is 59.7 Å². The molecule has 27 heavy (non-hydrogen) atoms. The second-order valence-electron chi connectivity index (χ2n) is 6.24.